The topological polar surface area (TPSA) is 118 Å². The summed E-state index contributed by atoms with van der Waals surface area (Å²) in [6.45, 7) is 0.0402. The summed E-state index contributed by atoms with van der Waals surface area (Å²) in [4.78, 5) is 4.72. The lowest BCUT2D eigenvalue weighted by Crippen LogP contribution is -2.39. The number of aliphatic hydroxyl groups excluding tert-OH is 1. The van der Waals surface area contributed by atoms with Crippen LogP contribution in [0, 0.1) is 0 Å². The Hall–Kier alpha value is -2.21. The molecule has 4 rings (SSSR count). The van der Waals surface area contributed by atoms with Crippen molar-refractivity contribution in [2.75, 3.05) is 24.4 Å². The van der Waals surface area contributed by atoms with Crippen molar-refractivity contribution in [2.24, 2.45) is 0 Å². The first-order valence-corrected chi connectivity index (χ1v) is 11.7. The van der Waals surface area contributed by atoms with Gasteiger partial charge in [0.1, 0.15) is 11.6 Å². The molecule has 2 heterocycles. The van der Waals surface area contributed by atoms with E-state index in [9.17, 15) is 13.5 Å². The third-order valence-electron chi connectivity index (χ3n) is 5.32. The Morgan fingerprint density at radius 2 is 1.97 bits per heavy atom. The number of hydrogen-bond donors (Lipinski definition) is 3. The number of halogens is 1. The first-order chi connectivity index (χ1) is 14.4. The second kappa shape index (κ2) is 8.14. The van der Waals surface area contributed by atoms with Crippen LogP contribution >= 0.6 is 15.9 Å². The van der Waals surface area contributed by atoms with Gasteiger partial charge in [0, 0.05) is 11.8 Å². The molecule has 0 spiro atoms. The average Bonchev–Trinajstić information content (AvgIpc) is 3.36. The number of hydrogen-bond acceptors (Lipinski definition) is 8. The first kappa shape index (κ1) is 21.0. The summed E-state index contributed by atoms with van der Waals surface area (Å²) in [7, 11) is -2.62. The maximum absolute atomic E-state index is 11.8. The van der Waals surface area contributed by atoms with Gasteiger partial charge in [0.25, 0.3) is 10.1 Å². The largest absolute Gasteiger partial charge is 0.394 e. The third-order valence-corrected chi connectivity index (χ3v) is 7.17. The molecule has 0 atom stereocenters. The highest BCUT2D eigenvalue weighted by molar-refractivity contribution is 9.10. The number of aliphatic hydroxyl groups is 1. The number of benzene rings is 1. The van der Waals surface area contributed by atoms with Gasteiger partial charge in [-0.05, 0) is 53.0 Å². The molecule has 1 aliphatic carbocycles. The van der Waals surface area contributed by atoms with E-state index >= 15 is 0 Å². The molecule has 0 amide bonds. The Bertz CT molecular complexity index is 1160. The Morgan fingerprint density at radius 1 is 1.27 bits per heavy atom. The zero-order chi connectivity index (χ0) is 21.4. The van der Waals surface area contributed by atoms with Gasteiger partial charge in [-0.3, -0.25) is 4.18 Å². The van der Waals surface area contributed by atoms with E-state index in [1.54, 1.807) is 22.8 Å². The zero-order valence-corrected chi connectivity index (χ0v) is 18.7. The Kier molecular flexibility index (Phi) is 5.71. The molecule has 1 saturated carbocycles. The predicted molar refractivity (Wildman–Crippen MR) is 117 cm³/mol. The highest BCUT2D eigenvalue weighted by atomic mass is 79.9. The molecular formula is C19H22BrN5O4S. The number of nitrogens with zero attached hydrogens (tertiary/aromatic N) is 3. The Morgan fingerprint density at radius 3 is 2.60 bits per heavy atom. The normalized spacial score (nSPS) is 16.1. The van der Waals surface area contributed by atoms with Gasteiger partial charge in [-0.2, -0.15) is 18.0 Å². The molecule has 3 aromatic rings. The van der Waals surface area contributed by atoms with Crippen LogP contribution in [0.5, 0.6) is 0 Å². The molecule has 30 heavy (non-hydrogen) atoms. The lowest BCUT2D eigenvalue weighted by molar-refractivity contribution is 0.214. The van der Waals surface area contributed by atoms with Crippen molar-refractivity contribution < 1.29 is 17.7 Å². The average molecular weight is 496 g/mol. The molecule has 160 valence electrons. The maximum atomic E-state index is 11.8. The van der Waals surface area contributed by atoms with Crippen LogP contribution in [-0.2, 0) is 14.3 Å². The molecule has 9 nitrogen and oxygen atoms in total. The fraction of sp³-hybridized carbons (Fsp3) is 0.368. The van der Waals surface area contributed by atoms with Crippen LogP contribution in [0.1, 0.15) is 25.7 Å². The molecule has 0 saturated heterocycles. The van der Waals surface area contributed by atoms with E-state index in [0.29, 0.717) is 23.0 Å². The minimum Gasteiger partial charge on any atom is -0.394 e. The second-order valence-corrected chi connectivity index (χ2v) is 9.86. The quantitative estimate of drug-likeness (QED) is 0.427. The first-order valence-electron chi connectivity index (χ1n) is 9.47. The molecule has 0 unspecified atom stereocenters. The van der Waals surface area contributed by atoms with Crippen LogP contribution in [0.4, 0.5) is 17.3 Å². The van der Waals surface area contributed by atoms with E-state index in [-0.39, 0.29) is 17.0 Å². The monoisotopic (exact) mass is 495 g/mol. The highest BCUT2D eigenvalue weighted by Crippen LogP contribution is 2.34. The second-order valence-electron chi connectivity index (χ2n) is 7.30. The van der Waals surface area contributed by atoms with Gasteiger partial charge in [0.15, 0.2) is 5.65 Å². The summed E-state index contributed by atoms with van der Waals surface area (Å²) in [6.07, 6.45) is 5.55. The summed E-state index contributed by atoms with van der Waals surface area (Å²) in [5, 5.41) is 20.9. The number of anilines is 3. The van der Waals surface area contributed by atoms with Gasteiger partial charge in [0.05, 0.1) is 34.8 Å². The van der Waals surface area contributed by atoms with Crippen LogP contribution in [0.15, 0.2) is 45.9 Å². The Balaban J connectivity index is 1.68. The predicted octanol–water partition coefficient (Wildman–Crippen LogP) is 3.29. The van der Waals surface area contributed by atoms with Crippen molar-refractivity contribution in [2.45, 2.75) is 36.1 Å². The van der Waals surface area contributed by atoms with Gasteiger partial charge in [0.2, 0.25) is 0 Å². The van der Waals surface area contributed by atoms with Gasteiger partial charge < -0.3 is 15.7 Å². The molecule has 0 aliphatic heterocycles. The van der Waals surface area contributed by atoms with Crippen LogP contribution in [0.3, 0.4) is 0 Å². The van der Waals surface area contributed by atoms with Crippen LogP contribution < -0.4 is 10.6 Å². The fourth-order valence-corrected chi connectivity index (χ4v) is 4.69. The van der Waals surface area contributed by atoms with Crippen molar-refractivity contribution in [1.82, 2.24) is 14.6 Å². The van der Waals surface area contributed by atoms with E-state index < -0.39 is 10.1 Å². The third kappa shape index (κ3) is 4.02. The molecule has 0 radical (unpaired) electrons. The van der Waals surface area contributed by atoms with Crippen molar-refractivity contribution in [3.05, 3.63) is 41.0 Å². The van der Waals surface area contributed by atoms with Crippen molar-refractivity contribution in [3.63, 3.8) is 0 Å². The summed E-state index contributed by atoms with van der Waals surface area (Å²) < 4.78 is 30.6. The Labute approximate surface area is 182 Å². The van der Waals surface area contributed by atoms with Gasteiger partial charge in [-0.15, -0.1) is 0 Å². The molecule has 0 bridgehead atoms. The number of aromatic nitrogens is 3. The standard InChI is InChI=1S/C19H22BrN5O4S/c1-29-30(27,28)14-6-4-13(5-7-14)22-17-10-16(23-18-15(20)11-21-25(17)18)24-19(12-26)8-2-3-9-19/h4-7,10-11,22,26H,2-3,8-9,12H2,1H3,(H,23,24). The number of nitrogens with one attached hydrogen (secondary N) is 2. The smallest absolute Gasteiger partial charge is 0.296 e. The zero-order valence-electron chi connectivity index (χ0n) is 16.3. The molecule has 1 aliphatic rings. The minimum atomic E-state index is -3.74. The van der Waals surface area contributed by atoms with E-state index in [0.717, 1.165) is 37.3 Å². The fourth-order valence-electron chi connectivity index (χ4n) is 3.68. The SMILES string of the molecule is COS(=O)(=O)c1ccc(Nc2cc(NC3(CO)CCCC3)nc3c(Br)cnn23)cc1. The van der Waals surface area contributed by atoms with E-state index in [4.69, 9.17) is 0 Å². The lowest BCUT2D eigenvalue weighted by atomic mass is 9.99. The molecule has 11 heteroatoms. The maximum Gasteiger partial charge on any atom is 0.296 e. The lowest BCUT2D eigenvalue weighted by Gasteiger charge is -2.29. The van der Waals surface area contributed by atoms with Crippen LogP contribution in [0.2, 0.25) is 0 Å². The number of rotatable bonds is 7. The summed E-state index contributed by atoms with van der Waals surface area (Å²) >= 11 is 3.47. The minimum absolute atomic E-state index is 0.0402. The molecule has 2 aromatic heterocycles. The number of fused-ring (bicyclic) bond motifs is 1. The summed E-state index contributed by atoms with van der Waals surface area (Å²) in [5.74, 6) is 1.27. The van der Waals surface area contributed by atoms with Gasteiger partial charge in [-0.25, -0.2) is 4.98 Å². The summed E-state index contributed by atoms with van der Waals surface area (Å²) in [5.41, 5.74) is 0.922. The van der Waals surface area contributed by atoms with Crippen LogP contribution in [0.25, 0.3) is 5.65 Å². The van der Waals surface area contributed by atoms with Crippen molar-refractivity contribution >= 4 is 49.0 Å². The van der Waals surface area contributed by atoms with E-state index in [2.05, 4.69) is 40.8 Å². The van der Waals surface area contributed by atoms with Crippen molar-refractivity contribution in [3.8, 4) is 0 Å². The van der Waals surface area contributed by atoms with Crippen molar-refractivity contribution in [1.29, 1.82) is 0 Å². The highest BCUT2D eigenvalue weighted by Gasteiger charge is 2.33. The van der Waals surface area contributed by atoms with E-state index in [1.807, 2.05) is 6.07 Å². The molecule has 3 N–H and O–H groups in total. The molecule has 1 aromatic carbocycles. The van der Waals surface area contributed by atoms with Gasteiger partial charge in [-0.1, -0.05) is 12.8 Å². The van der Waals surface area contributed by atoms with Gasteiger partial charge >= 0.3 is 0 Å². The molecule has 1 fully saturated rings. The van der Waals surface area contributed by atoms with Crippen LogP contribution in [-0.4, -0.2) is 47.4 Å². The van der Waals surface area contributed by atoms with E-state index in [1.165, 1.54) is 12.1 Å². The molecular weight excluding hydrogens is 474 g/mol. The summed E-state index contributed by atoms with van der Waals surface area (Å²) in [6, 6.07) is 8.06.